The van der Waals surface area contributed by atoms with Gasteiger partial charge in [0, 0.05) is 101 Å². The number of hydrogen-bond donors (Lipinski definition) is 0. The molecular formula is C80H46N4S2. The van der Waals surface area contributed by atoms with Crippen LogP contribution in [0.25, 0.3) is 183 Å². The van der Waals surface area contributed by atoms with Gasteiger partial charge >= 0.3 is 0 Å². The van der Waals surface area contributed by atoms with Crippen LogP contribution in [0.1, 0.15) is 0 Å². The lowest BCUT2D eigenvalue weighted by Crippen LogP contribution is -1.98. The summed E-state index contributed by atoms with van der Waals surface area (Å²) < 4.78 is 15.1. The molecule has 0 N–H and O–H groups in total. The Bertz CT molecular complexity index is 6280. The fraction of sp³-hybridized carbons (Fsp3) is 0. The van der Waals surface area contributed by atoms with E-state index >= 15 is 0 Å². The highest BCUT2D eigenvalue weighted by molar-refractivity contribution is 7.27. The molecule has 0 unspecified atom stereocenters. The summed E-state index contributed by atoms with van der Waals surface area (Å²) in [6.45, 7) is 0. The number of aromatic nitrogens is 4. The second-order valence-corrected chi connectivity index (χ2v) is 25.3. The molecule has 0 amide bonds. The van der Waals surface area contributed by atoms with Crippen LogP contribution in [0.3, 0.4) is 0 Å². The van der Waals surface area contributed by atoms with Crippen molar-refractivity contribution in [3.05, 3.63) is 279 Å². The number of para-hydroxylation sites is 4. The fourth-order valence-corrected chi connectivity index (χ4v) is 17.4. The van der Waals surface area contributed by atoms with Crippen molar-refractivity contribution < 1.29 is 0 Å². The highest BCUT2D eigenvalue weighted by Crippen LogP contribution is 2.49. The Labute approximate surface area is 499 Å². The predicted octanol–water partition coefficient (Wildman–Crippen LogP) is 22.8. The summed E-state index contributed by atoms with van der Waals surface area (Å²) >= 11 is 3.81. The summed E-state index contributed by atoms with van der Waals surface area (Å²) in [6.07, 6.45) is 0. The van der Waals surface area contributed by atoms with Crippen molar-refractivity contribution in [3.63, 3.8) is 0 Å². The van der Waals surface area contributed by atoms with Crippen LogP contribution in [-0.4, -0.2) is 18.3 Å². The zero-order valence-corrected chi connectivity index (χ0v) is 47.8. The fourth-order valence-electron chi connectivity index (χ4n) is 15.0. The third-order valence-electron chi connectivity index (χ3n) is 18.7. The van der Waals surface area contributed by atoms with Crippen molar-refractivity contribution in [1.29, 1.82) is 0 Å². The van der Waals surface area contributed by atoms with Crippen molar-refractivity contribution in [1.82, 2.24) is 18.3 Å². The molecule has 6 heteroatoms. The Morgan fingerprint density at radius 1 is 0.209 bits per heavy atom. The number of hydrogen-bond acceptors (Lipinski definition) is 2. The molecule has 398 valence electrons. The van der Waals surface area contributed by atoms with Crippen LogP contribution in [0, 0.1) is 0 Å². The van der Waals surface area contributed by atoms with Crippen molar-refractivity contribution in [2.45, 2.75) is 0 Å². The van der Waals surface area contributed by atoms with Crippen LogP contribution in [0.15, 0.2) is 279 Å². The first kappa shape index (κ1) is 46.7. The molecule has 0 fully saturated rings. The minimum atomic E-state index is 1.13. The Balaban J connectivity index is 0.720. The third kappa shape index (κ3) is 6.41. The molecule has 0 aliphatic rings. The molecule has 0 aliphatic heterocycles. The minimum absolute atomic E-state index is 1.13. The molecule has 6 heterocycles. The van der Waals surface area contributed by atoms with Crippen LogP contribution in [-0.2, 0) is 0 Å². The van der Waals surface area contributed by atoms with Crippen LogP contribution in [0.5, 0.6) is 0 Å². The molecule has 0 saturated carbocycles. The Morgan fingerprint density at radius 2 is 0.686 bits per heavy atom. The molecule has 6 aromatic heterocycles. The maximum absolute atomic E-state index is 2.53. The third-order valence-corrected chi connectivity index (χ3v) is 21.0. The number of fused-ring (bicyclic) bond motifs is 23. The van der Waals surface area contributed by atoms with Crippen LogP contribution in [0.2, 0.25) is 0 Å². The van der Waals surface area contributed by atoms with Crippen molar-refractivity contribution in [2.24, 2.45) is 0 Å². The van der Waals surface area contributed by atoms with Crippen molar-refractivity contribution in [3.8, 4) is 33.9 Å². The summed E-state index contributed by atoms with van der Waals surface area (Å²) in [5.74, 6) is 0. The van der Waals surface area contributed by atoms with Gasteiger partial charge in [-0.1, -0.05) is 164 Å². The van der Waals surface area contributed by atoms with Crippen LogP contribution in [0.4, 0.5) is 0 Å². The SMILES string of the molecule is c1cc(-n2c3ccccc3c3cc(-c4ccc5c(c4)sc4cc6c7cc8ccccc8cc7n(-c7ccc(-n8c9ccccc9c9ccccc98)cc7)c6cc45)ccc32)cc(-n2c3ccccc3c3c4ccccc4c4c5ccccc5sc4c32)c1. The van der Waals surface area contributed by atoms with Gasteiger partial charge in [-0.05, 0) is 148 Å². The minimum Gasteiger partial charge on any atom is -0.309 e. The molecule has 4 nitrogen and oxygen atoms in total. The molecule has 86 heavy (non-hydrogen) atoms. The molecule has 0 spiro atoms. The molecular weight excluding hydrogens is 1080 g/mol. The van der Waals surface area contributed by atoms with E-state index in [0.29, 0.717) is 0 Å². The van der Waals surface area contributed by atoms with Gasteiger partial charge in [0.2, 0.25) is 0 Å². The van der Waals surface area contributed by atoms with E-state index in [2.05, 4.69) is 297 Å². The van der Waals surface area contributed by atoms with E-state index in [-0.39, 0.29) is 0 Å². The first-order valence-electron chi connectivity index (χ1n) is 29.5. The summed E-state index contributed by atoms with van der Waals surface area (Å²) in [7, 11) is 0. The molecule has 14 aromatic carbocycles. The zero-order chi connectivity index (χ0) is 55.9. The molecule has 0 saturated heterocycles. The zero-order valence-electron chi connectivity index (χ0n) is 46.2. The van der Waals surface area contributed by atoms with Gasteiger partial charge in [-0.2, -0.15) is 0 Å². The second kappa shape index (κ2) is 17.4. The predicted molar refractivity (Wildman–Crippen MR) is 370 cm³/mol. The Hall–Kier alpha value is -10.8. The largest absolute Gasteiger partial charge is 0.309 e. The summed E-state index contributed by atoms with van der Waals surface area (Å²) in [6, 6.07) is 104. The topological polar surface area (TPSA) is 19.7 Å². The first-order valence-corrected chi connectivity index (χ1v) is 31.1. The molecule has 0 atom stereocenters. The highest BCUT2D eigenvalue weighted by Gasteiger charge is 2.24. The molecule has 0 radical (unpaired) electrons. The van der Waals surface area contributed by atoms with Gasteiger partial charge in [-0.15, -0.1) is 22.7 Å². The standard InChI is InChI=1S/C80H46N4S2/c1-2-17-48-42-72-64(40-47(48)16-1)65-46-76-66(45-73(65)82(72)52-36-34-51(35-37-52)81-67-27-10-5-20-55(67)56-21-6-11-28-68(56)81)58-38-32-50(43-75(58)85-76)49-33-39-71-63(41-49)57-22-7-12-29-69(57)83(71)53-18-15-19-54(44-53)84-70-30-13-8-25-61(70)77-59-23-3-4-24-60(59)78-62-26-9-14-31-74(62)86-80(78)79(77)84/h1-46H. The molecule has 20 aromatic rings. The number of thiophene rings is 2. The number of benzene rings is 14. The van der Waals surface area contributed by atoms with Gasteiger partial charge in [0.1, 0.15) is 0 Å². The summed E-state index contributed by atoms with van der Waals surface area (Å²) in [5, 5.41) is 20.4. The maximum Gasteiger partial charge on any atom is 0.0726 e. The van der Waals surface area contributed by atoms with E-state index in [4.69, 9.17) is 0 Å². The highest BCUT2D eigenvalue weighted by atomic mass is 32.1. The Morgan fingerprint density at radius 3 is 1.40 bits per heavy atom. The van der Waals surface area contributed by atoms with E-state index in [0.717, 1.165) is 22.7 Å². The quantitative estimate of drug-likeness (QED) is 0.164. The van der Waals surface area contributed by atoms with Crippen LogP contribution >= 0.6 is 22.7 Å². The van der Waals surface area contributed by atoms with E-state index in [1.54, 1.807) is 0 Å². The van der Waals surface area contributed by atoms with Gasteiger partial charge < -0.3 is 18.3 Å². The van der Waals surface area contributed by atoms with Gasteiger partial charge in [-0.3, -0.25) is 0 Å². The van der Waals surface area contributed by atoms with Crippen molar-refractivity contribution in [2.75, 3.05) is 0 Å². The maximum atomic E-state index is 2.53. The average Bonchev–Trinajstić information content (AvgIpc) is 1.75. The van der Waals surface area contributed by atoms with Gasteiger partial charge in [0.15, 0.2) is 0 Å². The number of nitrogens with zero attached hydrogens (tertiary/aromatic N) is 4. The van der Waals surface area contributed by atoms with E-state index in [9.17, 15) is 0 Å². The normalized spacial score (nSPS) is 12.4. The van der Waals surface area contributed by atoms with Crippen molar-refractivity contribution >= 4 is 172 Å². The monoisotopic (exact) mass is 1130 g/mol. The Kier molecular flexibility index (Phi) is 9.45. The van der Waals surface area contributed by atoms with E-state index < -0.39 is 0 Å². The van der Waals surface area contributed by atoms with Gasteiger partial charge in [0.05, 0.1) is 48.8 Å². The van der Waals surface area contributed by atoms with E-state index in [1.165, 1.54) is 160 Å². The molecule has 20 rings (SSSR count). The summed E-state index contributed by atoms with van der Waals surface area (Å²) in [5.41, 5.74) is 16.7. The lowest BCUT2D eigenvalue weighted by atomic mass is 9.99. The second-order valence-electron chi connectivity index (χ2n) is 23.1. The smallest absolute Gasteiger partial charge is 0.0726 e. The van der Waals surface area contributed by atoms with Gasteiger partial charge in [0.25, 0.3) is 0 Å². The lowest BCUT2D eigenvalue weighted by molar-refractivity contribution is 1.14. The first-order chi connectivity index (χ1) is 42.6. The number of rotatable bonds is 5. The molecule has 0 aliphatic carbocycles. The summed E-state index contributed by atoms with van der Waals surface area (Å²) in [4.78, 5) is 0. The van der Waals surface area contributed by atoms with Crippen LogP contribution < -0.4 is 0 Å². The average molecular weight is 1130 g/mol. The lowest BCUT2D eigenvalue weighted by Gasteiger charge is -2.14. The van der Waals surface area contributed by atoms with Gasteiger partial charge in [-0.25, -0.2) is 0 Å². The molecule has 0 bridgehead atoms. The van der Waals surface area contributed by atoms with E-state index in [1.807, 2.05) is 22.7 Å².